The van der Waals surface area contributed by atoms with Crippen molar-refractivity contribution in [1.29, 1.82) is 0 Å². The Balaban J connectivity index is 1.98. The highest BCUT2D eigenvalue weighted by Crippen LogP contribution is 2.36. The zero-order chi connectivity index (χ0) is 19.1. The maximum Gasteiger partial charge on any atom is 0.257 e. The van der Waals surface area contributed by atoms with Gasteiger partial charge in [-0.2, -0.15) is 5.10 Å². The van der Waals surface area contributed by atoms with E-state index in [1.807, 2.05) is 0 Å². The summed E-state index contributed by atoms with van der Waals surface area (Å²) in [6.07, 6.45) is 1.69. The minimum absolute atomic E-state index is 0.118. The highest BCUT2D eigenvalue weighted by atomic mass is 16.5. The monoisotopic (exact) mass is 359 g/mol. The van der Waals surface area contributed by atoms with E-state index in [4.69, 9.17) is 15.2 Å². The van der Waals surface area contributed by atoms with E-state index in [2.05, 4.69) is 10.5 Å². The summed E-state index contributed by atoms with van der Waals surface area (Å²) in [7, 11) is 2.83. The molecule has 0 aliphatic rings. The minimum atomic E-state index is -0.791. The number of nitrogens with zero attached hydrogens (tertiary/aromatic N) is 1. The average molecular weight is 359 g/mol. The normalized spacial score (nSPS) is 12.0. The first-order valence-electron chi connectivity index (χ1n) is 7.76. The Hall–Kier alpha value is -3.26. The lowest BCUT2D eigenvalue weighted by molar-refractivity contribution is -0.122. The van der Waals surface area contributed by atoms with Crippen molar-refractivity contribution in [1.82, 2.24) is 5.43 Å². The summed E-state index contributed by atoms with van der Waals surface area (Å²) in [6.45, 7) is 0. The van der Waals surface area contributed by atoms with E-state index in [0.29, 0.717) is 12.0 Å². The molecule has 0 aliphatic carbocycles. The van der Waals surface area contributed by atoms with Crippen LogP contribution in [0.25, 0.3) is 0 Å². The molecule has 2 rings (SSSR count). The van der Waals surface area contributed by atoms with Crippen molar-refractivity contribution in [2.75, 3.05) is 14.2 Å². The summed E-state index contributed by atoms with van der Waals surface area (Å²) in [5.74, 6) is 0.0255. The molecular weight excluding hydrogens is 338 g/mol. The minimum Gasteiger partial charge on any atom is -0.508 e. The highest BCUT2D eigenvalue weighted by molar-refractivity contribution is 5.86. The van der Waals surface area contributed by atoms with Crippen LogP contribution in [0.1, 0.15) is 11.1 Å². The van der Waals surface area contributed by atoms with Crippen molar-refractivity contribution in [3.05, 3.63) is 47.5 Å². The number of rotatable bonds is 7. The molecule has 0 aliphatic heterocycles. The Bertz CT molecular complexity index is 765. The van der Waals surface area contributed by atoms with Gasteiger partial charge in [0.05, 0.1) is 26.5 Å². The maximum absolute atomic E-state index is 12.0. The maximum atomic E-state index is 12.0. The third-order valence-electron chi connectivity index (χ3n) is 3.62. The van der Waals surface area contributed by atoms with Crippen LogP contribution in [0, 0.1) is 0 Å². The number of phenols is 2. The molecule has 1 amide bonds. The number of hydrogen-bond acceptors (Lipinski definition) is 7. The first-order chi connectivity index (χ1) is 12.4. The van der Waals surface area contributed by atoms with E-state index in [1.165, 1.54) is 32.6 Å². The lowest BCUT2D eigenvalue weighted by atomic mass is 10.1. The van der Waals surface area contributed by atoms with Crippen molar-refractivity contribution in [2.45, 2.75) is 12.5 Å². The van der Waals surface area contributed by atoms with Gasteiger partial charge in [-0.15, -0.1) is 0 Å². The molecule has 1 atom stereocenters. The van der Waals surface area contributed by atoms with Crippen LogP contribution < -0.4 is 20.6 Å². The van der Waals surface area contributed by atoms with Crippen LogP contribution in [0.2, 0.25) is 0 Å². The number of hydrogen-bond donors (Lipinski definition) is 4. The molecular formula is C18H21N3O5. The first kappa shape index (κ1) is 19.1. The topological polar surface area (TPSA) is 126 Å². The number of nitrogens with one attached hydrogen (secondary N) is 1. The summed E-state index contributed by atoms with van der Waals surface area (Å²) in [6, 6.07) is 8.75. The summed E-state index contributed by atoms with van der Waals surface area (Å²) in [5.41, 5.74) is 9.60. The molecule has 0 heterocycles. The van der Waals surface area contributed by atoms with Crippen LogP contribution in [-0.2, 0) is 11.2 Å². The Morgan fingerprint density at radius 3 is 2.31 bits per heavy atom. The number of carbonyl (C=O) groups is 1. The standard InChI is InChI=1S/C18H21N3O5/c1-25-15-8-12(9-16(26-2)17(15)23)10-20-21-18(24)14(19)7-11-3-5-13(22)6-4-11/h3-6,8-10,14,22-23H,7,19H2,1-2H3,(H,21,24)/b20-10+. The molecule has 0 saturated heterocycles. The van der Waals surface area contributed by atoms with E-state index >= 15 is 0 Å². The first-order valence-corrected chi connectivity index (χ1v) is 7.76. The molecule has 0 saturated carbocycles. The molecule has 26 heavy (non-hydrogen) atoms. The Labute approximate surface area is 150 Å². The quantitative estimate of drug-likeness (QED) is 0.434. The van der Waals surface area contributed by atoms with Crippen LogP contribution in [0.15, 0.2) is 41.5 Å². The van der Waals surface area contributed by atoms with Crippen molar-refractivity contribution >= 4 is 12.1 Å². The van der Waals surface area contributed by atoms with Gasteiger partial charge in [0, 0.05) is 5.56 Å². The van der Waals surface area contributed by atoms with Gasteiger partial charge in [-0.3, -0.25) is 4.79 Å². The molecule has 8 nitrogen and oxygen atoms in total. The molecule has 1 unspecified atom stereocenters. The lowest BCUT2D eigenvalue weighted by Gasteiger charge is -2.10. The fraction of sp³-hybridized carbons (Fsp3) is 0.222. The van der Waals surface area contributed by atoms with Gasteiger partial charge in [0.15, 0.2) is 11.5 Å². The van der Waals surface area contributed by atoms with Gasteiger partial charge in [-0.1, -0.05) is 12.1 Å². The van der Waals surface area contributed by atoms with Crippen LogP contribution >= 0.6 is 0 Å². The van der Waals surface area contributed by atoms with Gasteiger partial charge in [0.25, 0.3) is 5.91 Å². The van der Waals surface area contributed by atoms with Crippen LogP contribution in [0.5, 0.6) is 23.0 Å². The summed E-state index contributed by atoms with van der Waals surface area (Å²) in [5, 5.41) is 23.0. The molecule has 0 bridgehead atoms. The van der Waals surface area contributed by atoms with Gasteiger partial charge < -0.3 is 25.4 Å². The fourth-order valence-corrected chi connectivity index (χ4v) is 2.22. The second-order valence-electron chi connectivity index (χ2n) is 5.49. The summed E-state index contributed by atoms with van der Waals surface area (Å²) in [4.78, 5) is 12.0. The third kappa shape index (κ3) is 4.87. The second-order valence-corrected chi connectivity index (χ2v) is 5.49. The van der Waals surface area contributed by atoms with Crippen LogP contribution in [-0.4, -0.2) is 42.6 Å². The van der Waals surface area contributed by atoms with Gasteiger partial charge in [-0.25, -0.2) is 5.43 Å². The molecule has 0 fully saturated rings. The Morgan fingerprint density at radius 2 is 1.77 bits per heavy atom. The number of amides is 1. The molecule has 138 valence electrons. The van der Waals surface area contributed by atoms with E-state index in [-0.39, 0.29) is 23.0 Å². The van der Waals surface area contributed by atoms with Crippen molar-refractivity contribution in [2.24, 2.45) is 10.8 Å². The molecule has 2 aromatic rings. The molecule has 0 spiro atoms. The zero-order valence-electron chi connectivity index (χ0n) is 14.5. The van der Waals surface area contributed by atoms with Crippen molar-refractivity contribution < 1.29 is 24.5 Å². The Morgan fingerprint density at radius 1 is 1.19 bits per heavy atom. The van der Waals surface area contributed by atoms with E-state index < -0.39 is 11.9 Å². The number of aromatic hydroxyl groups is 2. The molecule has 8 heteroatoms. The number of nitrogens with two attached hydrogens (primary N) is 1. The lowest BCUT2D eigenvalue weighted by Crippen LogP contribution is -2.39. The van der Waals surface area contributed by atoms with E-state index in [9.17, 15) is 15.0 Å². The number of carbonyl (C=O) groups excluding carboxylic acids is 1. The van der Waals surface area contributed by atoms with Gasteiger partial charge >= 0.3 is 0 Å². The van der Waals surface area contributed by atoms with Gasteiger partial charge in [0.2, 0.25) is 5.75 Å². The zero-order valence-corrected chi connectivity index (χ0v) is 14.5. The number of benzene rings is 2. The van der Waals surface area contributed by atoms with E-state index in [1.54, 1.807) is 24.3 Å². The number of hydrazone groups is 1. The summed E-state index contributed by atoms with van der Waals surface area (Å²) >= 11 is 0. The predicted octanol–water partition coefficient (Wildman–Crippen LogP) is 1.14. The molecule has 2 aromatic carbocycles. The number of ether oxygens (including phenoxy) is 2. The second kappa shape index (κ2) is 8.72. The summed E-state index contributed by atoms with van der Waals surface area (Å²) < 4.78 is 10.1. The molecule has 0 aromatic heterocycles. The number of phenolic OH excluding ortho intramolecular Hbond substituents is 2. The van der Waals surface area contributed by atoms with Crippen LogP contribution in [0.3, 0.4) is 0 Å². The predicted molar refractivity (Wildman–Crippen MR) is 96.7 cm³/mol. The van der Waals surface area contributed by atoms with Crippen LogP contribution in [0.4, 0.5) is 0 Å². The molecule has 0 radical (unpaired) electrons. The molecule has 5 N–H and O–H groups in total. The fourth-order valence-electron chi connectivity index (χ4n) is 2.22. The SMILES string of the molecule is COc1cc(/C=N/NC(=O)C(N)Cc2ccc(O)cc2)cc(OC)c1O. The third-order valence-corrected chi connectivity index (χ3v) is 3.62. The average Bonchev–Trinajstić information content (AvgIpc) is 2.64. The van der Waals surface area contributed by atoms with Crippen molar-refractivity contribution in [3.63, 3.8) is 0 Å². The number of methoxy groups -OCH3 is 2. The smallest absolute Gasteiger partial charge is 0.257 e. The largest absolute Gasteiger partial charge is 0.508 e. The van der Waals surface area contributed by atoms with E-state index in [0.717, 1.165) is 5.56 Å². The van der Waals surface area contributed by atoms with Crippen molar-refractivity contribution in [3.8, 4) is 23.0 Å². The van der Waals surface area contributed by atoms with Gasteiger partial charge in [0.1, 0.15) is 5.75 Å². The Kier molecular flexibility index (Phi) is 6.40. The highest BCUT2D eigenvalue weighted by Gasteiger charge is 2.14. The van der Waals surface area contributed by atoms with Gasteiger partial charge in [-0.05, 0) is 36.2 Å².